The molecule has 15 heavy (non-hydrogen) atoms. The second kappa shape index (κ2) is 6.33. The number of halogens is 1. The lowest BCUT2D eigenvalue weighted by Crippen LogP contribution is -2.23. The molecule has 1 heterocycles. The molecule has 0 aromatic carbocycles. The first-order valence-corrected chi connectivity index (χ1v) is 6.40. The van der Waals surface area contributed by atoms with Crippen LogP contribution in [0.4, 0.5) is 0 Å². The number of rotatable bonds is 6. The topological polar surface area (TPSA) is 25.2 Å². The Morgan fingerprint density at radius 1 is 1.47 bits per heavy atom. The van der Waals surface area contributed by atoms with E-state index in [1.165, 1.54) is 5.56 Å². The first-order chi connectivity index (χ1) is 7.15. The lowest BCUT2D eigenvalue weighted by molar-refractivity contribution is 0.422. The summed E-state index contributed by atoms with van der Waals surface area (Å²) in [5, 5.41) is 3.55. The van der Waals surface area contributed by atoms with Gasteiger partial charge >= 0.3 is 0 Å². The fraction of sp³-hybridized carbons (Fsp3) is 0.667. The van der Waals surface area contributed by atoms with Gasteiger partial charge in [-0.3, -0.25) is 0 Å². The fourth-order valence-electron chi connectivity index (χ4n) is 1.66. The molecule has 1 aromatic heterocycles. The highest BCUT2D eigenvalue weighted by molar-refractivity contribution is 9.10. The van der Waals surface area contributed by atoms with Gasteiger partial charge in [-0.15, -0.1) is 0 Å². The zero-order valence-corrected chi connectivity index (χ0v) is 11.3. The Balaban J connectivity index is 2.67. The van der Waals surface area contributed by atoms with E-state index in [9.17, 15) is 0 Å². The van der Waals surface area contributed by atoms with Crippen LogP contribution in [0.2, 0.25) is 0 Å². The largest absolute Gasteiger partial charge is 0.457 e. The smallest absolute Gasteiger partial charge is 0.173 e. The highest BCUT2D eigenvalue weighted by Gasteiger charge is 2.16. The van der Waals surface area contributed by atoms with Gasteiger partial charge in [0, 0.05) is 11.6 Å². The molecule has 0 aliphatic heterocycles. The van der Waals surface area contributed by atoms with Crippen molar-refractivity contribution in [2.45, 2.75) is 39.7 Å². The average molecular weight is 274 g/mol. The van der Waals surface area contributed by atoms with Crippen molar-refractivity contribution in [2.75, 3.05) is 6.54 Å². The van der Waals surface area contributed by atoms with Crippen LogP contribution in [0.5, 0.6) is 0 Å². The average Bonchev–Trinajstić information content (AvgIpc) is 2.58. The third-order valence-corrected chi connectivity index (χ3v) is 3.01. The van der Waals surface area contributed by atoms with Gasteiger partial charge < -0.3 is 9.73 Å². The Hall–Kier alpha value is -0.280. The predicted molar refractivity (Wildman–Crippen MR) is 66.9 cm³/mol. The van der Waals surface area contributed by atoms with Crippen LogP contribution >= 0.6 is 15.9 Å². The van der Waals surface area contributed by atoms with Gasteiger partial charge in [0.1, 0.15) is 0 Å². The van der Waals surface area contributed by atoms with Gasteiger partial charge in [-0.25, -0.2) is 0 Å². The predicted octanol–water partition coefficient (Wildman–Crippen LogP) is 4.13. The van der Waals surface area contributed by atoms with E-state index in [2.05, 4.69) is 42.0 Å². The molecule has 1 atom stereocenters. The third-order valence-electron chi connectivity index (χ3n) is 2.37. The summed E-state index contributed by atoms with van der Waals surface area (Å²) in [5.41, 5.74) is 1.23. The number of nitrogens with one attached hydrogen (secondary N) is 1. The van der Waals surface area contributed by atoms with E-state index in [4.69, 9.17) is 4.42 Å². The SMILES string of the molecule is CCCNC(CC(C)C)c1ccoc1Br. The molecule has 0 bridgehead atoms. The van der Waals surface area contributed by atoms with E-state index in [0.29, 0.717) is 12.0 Å². The summed E-state index contributed by atoms with van der Waals surface area (Å²) in [5.74, 6) is 0.682. The molecular formula is C12H20BrNO. The molecule has 0 amide bonds. The van der Waals surface area contributed by atoms with Crippen molar-refractivity contribution in [3.05, 3.63) is 22.6 Å². The van der Waals surface area contributed by atoms with Crippen molar-refractivity contribution in [3.8, 4) is 0 Å². The number of hydrogen-bond acceptors (Lipinski definition) is 2. The molecule has 1 aromatic rings. The molecule has 1 unspecified atom stereocenters. The highest BCUT2D eigenvalue weighted by atomic mass is 79.9. The Bertz CT molecular complexity index is 283. The molecule has 1 N–H and O–H groups in total. The van der Waals surface area contributed by atoms with Crippen molar-refractivity contribution in [1.82, 2.24) is 5.32 Å². The van der Waals surface area contributed by atoms with E-state index in [1.54, 1.807) is 6.26 Å². The molecule has 0 aliphatic carbocycles. The summed E-state index contributed by atoms with van der Waals surface area (Å²) in [7, 11) is 0. The molecule has 2 nitrogen and oxygen atoms in total. The van der Waals surface area contributed by atoms with Crippen LogP contribution in [0.3, 0.4) is 0 Å². The third kappa shape index (κ3) is 3.99. The number of furan rings is 1. The fourth-order valence-corrected chi connectivity index (χ4v) is 2.18. The molecule has 0 saturated heterocycles. The summed E-state index contributed by atoms with van der Waals surface area (Å²) >= 11 is 3.44. The maximum atomic E-state index is 5.28. The van der Waals surface area contributed by atoms with Gasteiger partial charge in [-0.05, 0) is 47.3 Å². The van der Waals surface area contributed by atoms with E-state index < -0.39 is 0 Å². The quantitative estimate of drug-likeness (QED) is 0.843. The monoisotopic (exact) mass is 273 g/mol. The van der Waals surface area contributed by atoms with Gasteiger partial charge in [-0.2, -0.15) is 0 Å². The number of hydrogen-bond donors (Lipinski definition) is 1. The van der Waals surface area contributed by atoms with Gasteiger partial charge in [-0.1, -0.05) is 20.8 Å². The summed E-state index contributed by atoms with van der Waals surface area (Å²) in [6.07, 6.45) is 4.03. The van der Waals surface area contributed by atoms with Crippen LogP contribution in [0.25, 0.3) is 0 Å². The zero-order valence-electron chi connectivity index (χ0n) is 9.72. The summed E-state index contributed by atoms with van der Waals surface area (Å²) in [6.45, 7) is 7.72. The van der Waals surface area contributed by atoms with Crippen molar-refractivity contribution >= 4 is 15.9 Å². The van der Waals surface area contributed by atoms with Gasteiger partial charge in [0.05, 0.1) is 6.26 Å². The van der Waals surface area contributed by atoms with E-state index in [1.807, 2.05) is 6.07 Å². The minimum absolute atomic E-state index is 0.401. The van der Waals surface area contributed by atoms with Crippen LogP contribution in [-0.4, -0.2) is 6.54 Å². The maximum absolute atomic E-state index is 5.28. The standard InChI is InChI=1S/C12H20BrNO/c1-4-6-14-11(8-9(2)3)10-5-7-15-12(10)13/h5,7,9,11,14H,4,6,8H2,1-3H3. The minimum Gasteiger partial charge on any atom is -0.457 e. The zero-order chi connectivity index (χ0) is 11.3. The molecule has 1 rings (SSSR count). The maximum Gasteiger partial charge on any atom is 0.173 e. The lowest BCUT2D eigenvalue weighted by Gasteiger charge is -2.19. The minimum atomic E-state index is 0.401. The van der Waals surface area contributed by atoms with Crippen molar-refractivity contribution in [1.29, 1.82) is 0 Å². The van der Waals surface area contributed by atoms with E-state index in [-0.39, 0.29) is 0 Å². The van der Waals surface area contributed by atoms with Gasteiger partial charge in [0.25, 0.3) is 0 Å². The molecule has 0 spiro atoms. The Morgan fingerprint density at radius 2 is 2.20 bits per heavy atom. The molecule has 0 saturated carbocycles. The molecule has 86 valence electrons. The molecular weight excluding hydrogens is 254 g/mol. The second-order valence-corrected chi connectivity index (χ2v) is 5.01. The lowest BCUT2D eigenvalue weighted by atomic mass is 9.99. The highest BCUT2D eigenvalue weighted by Crippen LogP contribution is 2.28. The van der Waals surface area contributed by atoms with Crippen molar-refractivity contribution in [3.63, 3.8) is 0 Å². The van der Waals surface area contributed by atoms with Crippen LogP contribution in [0.1, 0.15) is 45.2 Å². The van der Waals surface area contributed by atoms with Crippen LogP contribution in [-0.2, 0) is 0 Å². The summed E-state index contributed by atoms with van der Waals surface area (Å²) < 4.78 is 6.14. The van der Waals surface area contributed by atoms with Crippen LogP contribution < -0.4 is 5.32 Å². The molecule has 3 heteroatoms. The van der Waals surface area contributed by atoms with Gasteiger partial charge in [0.2, 0.25) is 0 Å². The summed E-state index contributed by atoms with van der Waals surface area (Å²) in [6, 6.07) is 2.44. The first kappa shape index (κ1) is 12.8. The van der Waals surface area contributed by atoms with Crippen molar-refractivity contribution in [2.24, 2.45) is 5.92 Å². The Morgan fingerprint density at radius 3 is 2.67 bits per heavy atom. The van der Waals surface area contributed by atoms with E-state index >= 15 is 0 Å². The Kier molecular flexibility index (Phi) is 5.40. The second-order valence-electron chi connectivity index (χ2n) is 4.29. The van der Waals surface area contributed by atoms with Crippen LogP contribution in [0.15, 0.2) is 21.4 Å². The normalized spacial score (nSPS) is 13.4. The van der Waals surface area contributed by atoms with Crippen molar-refractivity contribution < 1.29 is 4.42 Å². The molecule has 0 radical (unpaired) electrons. The summed E-state index contributed by atoms with van der Waals surface area (Å²) in [4.78, 5) is 0. The Labute approximate surface area is 101 Å². The van der Waals surface area contributed by atoms with E-state index in [0.717, 1.165) is 24.1 Å². The molecule has 0 fully saturated rings. The first-order valence-electron chi connectivity index (χ1n) is 5.61. The van der Waals surface area contributed by atoms with Gasteiger partial charge in [0.15, 0.2) is 4.67 Å². The molecule has 0 aliphatic rings. The van der Waals surface area contributed by atoms with Crippen LogP contribution in [0, 0.1) is 5.92 Å².